The van der Waals surface area contributed by atoms with Crippen LogP contribution in [0.2, 0.25) is 0 Å². The average molecular weight is 280 g/mol. The molecule has 3 rings (SSSR count). The molecule has 1 aliphatic carbocycles. The van der Waals surface area contributed by atoms with Crippen molar-refractivity contribution >= 4 is 27.6 Å². The van der Waals surface area contributed by atoms with Crippen LogP contribution >= 0.6 is 15.9 Å². The van der Waals surface area contributed by atoms with Gasteiger partial charge in [0, 0.05) is 34.8 Å². The molecule has 1 N–H and O–H groups in total. The molecule has 1 spiro atoms. The van der Waals surface area contributed by atoms with E-state index < -0.39 is 0 Å². The number of benzene rings is 1. The third-order valence-corrected chi connectivity index (χ3v) is 3.97. The van der Waals surface area contributed by atoms with Crippen LogP contribution in [0.5, 0.6) is 0 Å². The highest BCUT2D eigenvalue weighted by atomic mass is 79.9. The van der Waals surface area contributed by atoms with Crippen LogP contribution in [0.15, 0.2) is 22.7 Å². The normalized spacial score (nSPS) is 27.3. The average Bonchev–Trinajstić information content (AvgIpc) is 2.71. The Bertz CT molecular complexity index is 512. The van der Waals surface area contributed by atoms with Crippen LogP contribution in [0.3, 0.4) is 0 Å². The van der Waals surface area contributed by atoms with Crippen LogP contribution in [0.1, 0.15) is 28.8 Å². The second-order valence-electron chi connectivity index (χ2n) is 4.52. The molecule has 1 saturated heterocycles. The van der Waals surface area contributed by atoms with Gasteiger partial charge < -0.3 is 5.32 Å². The Labute approximate surface area is 101 Å². The Morgan fingerprint density at radius 3 is 2.75 bits per heavy atom. The molecule has 2 aliphatic rings. The third kappa shape index (κ3) is 1.26. The minimum atomic E-state index is -0.274. The van der Waals surface area contributed by atoms with Gasteiger partial charge in [-0.05, 0) is 17.7 Å². The van der Waals surface area contributed by atoms with E-state index in [1.54, 1.807) is 0 Å². The van der Waals surface area contributed by atoms with Gasteiger partial charge >= 0.3 is 0 Å². The summed E-state index contributed by atoms with van der Waals surface area (Å²) < 4.78 is 0.911. The second kappa shape index (κ2) is 3.17. The van der Waals surface area contributed by atoms with Gasteiger partial charge in [0.15, 0.2) is 5.78 Å². The number of amides is 1. The summed E-state index contributed by atoms with van der Waals surface area (Å²) in [6, 6.07) is 5.75. The molecule has 4 heteroatoms. The molecule has 1 unspecified atom stereocenters. The van der Waals surface area contributed by atoms with E-state index in [1.807, 2.05) is 18.2 Å². The van der Waals surface area contributed by atoms with Crippen LogP contribution in [0.4, 0.5) is 0 Å². The fourth-order valence-electron chi connectivity index (χ4n) is 2.72. The summed E-state index contributed by atoms with van der Waals surface area (Å²) in [5.74, 6) is 0.191. The van der Waals surface area contributed by atoms with Crippen molar-refractivity contribution in [2.24, 2.45) is 0 Å². The van der Waals surface area contributed by atoms with Crippen LogP contribution in [0, 0.1) is 0 Å². The van der Waals surface area contributed by atoms with E-state index in [1.165, 1.54) is 0 Å². The standard InChI is InChI=1S/C12H10BrNO2/c13-7-1-2-9-8(3-7)10(15)4-12(9)5-11(16)14-6-12/h1-3H,4-6H2,(H,14,16). The lowest BCUT2D eigenvalue weighted by Crippen LogP contribution is -2.26. The van der Waals surface area contributed by atoms with E-state index in [0.29, 0.717) is 19.4 Å². The molecule has 0 saturated carbocycles. The minimum absolute atomic E-state index is 0.0450. The van der Waals surface area contributed by atoms with Crippen molar-refractivity contribution in [2.45, 2.75) is 18.3 Å². The van der Waals surface area contributed by atoms with Gasteiger partial charge in [0.25, 0.3) is 0 Å². The summed E-state index contributed by atoms with van der Waals surface area (Å²) in [7, 11) is 0. The van der Waals surface area contributed by atoms with Crippen molar-refractivity contribution in [3.8, 4) is 0 Å². The second-order valence-corrected chi connectivity index (χ2v) is 5.44. The zero-order valence-corrected chi connectivity index (χ0v) is 10.1. The van der Waals surface area contributed by atoms with Crippen molar-refractivity contribution in [3.05, 3.63) is 33.8 Å². The predicted molar refractivity (Wildman–Crippen MR) is 62.4 cm³/mol. The smallest absolute Gasteiger partial charge is 0.221 e. The Morgan fingerprint density at radius 1 is 1.25 bits per heavy atom. The number of hydrogen-bond donors (Lipinski definition) is 1. The topological polar surface area (TPSA) is 46.2 Å². The van der Waals surface area contributed by atoms with Crippen LogP contribution < -0.4 is 5.32 Å². The SMILES string of the molecule is O=C1CC2(CN1)CC(=O)c1cc(Br)ccc12. The molecule has 1 atom stereocenters. The molecule has 1 aliphatic heterocycles. The first kappa shape index (κ1) is 10.0. The van der Waals surface area contributed by atoms with Crippen LogP contribution in [-0.4, -0.2) is 18.2 Å². The van der Waals surface area contributed by atoms with Gasteiger partial charge in [-0.15, -0.1) is 0 Å². The number of halogens is 1. The summed E-state index contributed by atoms with van der Waals surface area (Å²) in [6.07, 6.45) is 0.894. The summed E-state index contributed by atoms with van der Waals surface area (Å²) in [5.41, 5.74) is 1.52. The van der Waals surface area contributed by atoms with Gasteiger partial charge in [-0.3, -0.25) is 9.59 Å². The number of hydrogen-bond acceptors (Lipinski definition) is 2. The fourth-order valence-corrected chi connectivity index (χ4v) is 3.08. The van der Waals surface area contributed by atoms with E-state index in [0.717, 1.165) is 15.6 Å². The van der Waals surface area contributed by atoms with Crippen LogP contribution in [-0.2, 0) is 10.2 Å². The fraction of sp³-hybridized carbons (Fsp3) is 0.333. The van der Waals surface area contributed by atoms with E-state index in [-0.39, 0.29) is 17.1 Å². The summed E-state index contributed by atoms with van der Waals surface area (Å²) >= 11 is 3.37. The first-order valence-electron chi connectivity index (χ1n) is 5.21. The molecule has 1 heterocycles. The summed E-state index contributed by atoms with van der Waals surface area (Å²) in [6.45, 7) is 0.589. The maximum absolute atomic E-state index is 11.9. The lowest BCUT2D eigenvalue weighted by Gasteiger charge is -2.20. The first-order chi connectivity index (χ1) is 7.61. The van der Waals surface area contributed by atoms with Crippen molar-refractivity contribution in [2.75, 3.05) is 6.54 Å². The molecule has 0 aromatic heterocycles. The van der Waals surface area contributed by atoms with Crippen molar-refractivity contribution in [1.82, 2.24) is 5.32 Å². The summed E-state index contributed by atoms with van der Waals surface area (Å²) in [4.78, 5) is 23.3. The molecule has 3 nitrogen and oxygen atoms in total. The zero-order chi connectivity index (χ0) is 11.3. The van der Waals surface area contributed by atoms with E-state index in [2.05, 4.69) is 21.2 Å². The van der Waals surface area contributed by atoms with E-state index in [4.69, 9.17) is 0 Å². The quantitative estimate of drug-likeness (QED) is 0.787. The molecular weight excluding hydrogens is 270 g/mol. The third-order valence-electron chi connectivity index (χ3n) is 3.48. The molecule has 1 amide bonds. The van der Waals surface area contributed by atoms with Gasteiger partial charge in [-0.1, -0.05) is 22.0 Å². The number of fused-ring (bicyclic) bond motifs is 2. The molecule has 0 radical (unpaired) electrons. The van der Waals surface area contributed by atoms with Crippen LogP contribution in [0.25, 0.3) is 0 Å². The Hall–Kier alpha value is -1.16. The van der Waals surface area contributed by atoms with Crippen molar-refractivity contribution in [1.29, 1.82) is 0 Å². The Kier molecular flexibility index (Phi) is 1.98. The molecule has 1 aromatic rings. The number of nitrogens with one attached hydrogen (secondary N) is 1. The molecular formula is C12H10BrNO2. The lowest BCUT2D eigenvalue weighted by molar-refractivity contribution is -0.119. The highest BCUT2D eigenvalue weighted by Gasteiger charge is 2.48. The van der Waals surface area contributed by atoms with E-state index in [9.17, 15) is 9.59 Å². The zero-order valence-electron chi connectivity index (χ0n) is 8.55. The van der Waals surface area contributed by atoms with Crippen molar-refractivity contribution in [3.63, 3.8) is 0 Å². The van der Waals surface area contributed by atoms with E-state index >= 15 is 0 Å². The maximum atomic E-state index is 11.9. The molecule has 16 heavy (non-hydrogen) atoms. The number of carbonyl (C=O) groups excluding carboxylic acids is 2. The summed E-state index contributed by atoms with van der Waals surface area (Å²) in [5, 5.41) is 2.83. The minimum Gasteiger partial charge on any atom is -0.355 e. The van der Waals surface area contributed by atoms with Gasteiger partial charge in [0.2, 0.25) is 5.91 Å². The first-order valence-corrected chi connectivity index (χ1v) is 6.00. The molecule has 1 aromatic carbocycles. The molecule has 82 valence electrons. The Balaban J connectivity index is 2.16. The number of carbonyl (C=O) groups is 2. The van der Waals surface area contributed by atoms with Crippen molar-refractivity contribution < 1.29 is 9.59 Å². The predicted octanol–water partition coefficient (Wildman–Crippen LogP) is 1.79. The Morgan fingerprint density at radius 2 is 2.06 bits per heavy atom. The highest BCUT2D eigenvalue weighted by Crippen LogP contribution is 2.44. The van der Waals surface area contributed by atoms with Gasteiger partial charge in [0.1, 0.15) is 0 Å². The highest BCUT2D eigenvalue weighted by molar-refractivity contribution is 9.10. The maximum Gasteiger partial charge on any atom is 0.221 e. The van der Waals surface area contributed by atoms with Gasteiger partial charge in [-0.25, -0.2) is 0 Å². The van der Waals surface area contributed by atoms with Gasteiger partial charge in [-0.2, -0.15) is 0 Å². The van der Waals surface area contributed by atoms with Gasteiger partial charge in [0.05, 0.1) is 0 Å². The lowest BCUT2D eigenvalue weighted by atomic mass is 9.81. The number of Topliss-reactive ketones (excluding diaryl/α,β-unsaturated/α-hetero) is 1. The number of rotatable bonds is 0. The largest absolute Gasteiger partial charge is 0.355 e. The molecule has 0 bridgehead atoms. The monoisotopic (exact) mass is 279 g/mol. The number of ketones is 1. The molecule has 1 fully saturated rings.